The van der Waals surface area contributed by atoms with Crippen LogP contribution in [0.4, 0.5) is 0 Å². The zero-order chi connectivity index (χ0) is 17.6. The van der Waals surface area contributed by atoms with Crippen molar-refractivity contribution in [3.63, 3.8) is 0 Å². The summed E-state index contributed by atoms with van der Waals surface area (Å²) in [5.74, 6) is -0.387. The number of esters is 1. The molecule has 0 spiro atoms. The number of para-hydroxylation sites is 2. The lowest BCUT2D eigenvalue weighted by Gasteiger charge is -2.08. The van der Waals surface area contributed by atoms with Gasteiger partial charge in [-0.2, -0.15) is 0 Å². The first kappa shape index (κ1) is 17.0. The highest BCUT2D eigenvalue weighted by molar-refractivity contribution is 7.98. The lowest BCUT2D eigenvalue weighted by atomic mass is 10.1. The number of fused-ring (bicyclic) bond motifs is 1. The minimum atomic E-state index is -0.530. The SMILES string of the molecule is CNC(=O)COC(=O)c1ccccc1CSc1nc2ccccc2o1. The zero-order valence-corrected chi connectivity index (χ0v) is 14.3. The van der Waals surface area contributed by atoms with Crippen molar-refractivity contribution in [2.45, 2.75) is 11.0 Å². The van der Waals surface area contributed by atoms with E-state index in [-0.39, 0.29) is 12.5 Å². The van der Waals surface area contributed by atoms with Crippen molar-refractivity contribution >= 4 is 34.7 Å². The van der Waals surface area contributed by atoms with E-state index in [1.54, 1.807) is 12.1 Å². The number of benzene rings is 2. The van der Waals surface area contributed by atoms with Crippen molar-refractivity contribution in [1.82, 2.24) is 10.3 Å². The molecule has 3 rings (SSSR count). The summed E-state index contributed by atoms with van der Waals surface area (Å²) in [4.78, 5) is 27.8. The van der Waals surface area contributed by atoms with Crippen LogP contribution in [0.1, 0.15) is 15.9 Å². The second-order valence-corrected chi connectivity index (χ2v) is 6.07. The average Bonchev–Trinajstić information content (AvgIpc) is 3.07. The van der Waals surface area contributed by atoms with Gasteiger partial charge in [0, 0.05) is 12.8 Å². The van der Waals surface area contributed by atoms with Crippen molar-refractivity contribution in [3.8, 4) is 0 Å². The maximum absolute atomic E-state index is 12.2. The van der Waals surface area contributed by atoms with Crippen LogP contribution in [0.2, 0.25) is 0 Å². The maximum Gasteiger partial charge on any atom is 0.338 e. The molecule has 2 aromatic carbocycles. The van der Waals surface area contributed by atoms with Gasteiger partial charge in [0.1, 0.15) is 5.52 Å². The summed E-state index contributed by atoms with van der Waals surface area (Å²) in [6.07, 6.45) is 0. The molecule has 0 unspecified atom stereocenters. The quantitative estimate of drug-likeness (QED) is 0.540. The van der Waals surface area contributed by atoms with Crippen LogP contribution in [0, 0.1) is 0 Å². The highest BCUT2D eigenvalue weighted by Crippen LogP contribution is 2.27. The Bertz CT molecular complexity index is 874. The molecule has 7 heteroatoms. The predicted molar refractivity (Wildman–Crippen MR) is 94.4 cm³/mol. The molecule has 25 heavy (non-hydrogen) atoms. The van der Waals surface area contributed by atoms with E-state index in [1.807, 2.05) is 36.4 Å². The second kappa shape index (κ2) is 7.85. The Morgan fingerprint density at radius 3 is 2.72 bits per heavy atom. The van der Waals surface area contributed by atoms with Gasteiger partial charge in [-0.1, -0.05) is 42.1 Å². The fraction of sp³-hybridized carbons (Fsp3) is 0.167. The first-order chi connectivity index (χ1) is 12.2. The van der Waals surface area contributed by atoms with Gasteiger partial charge < -0.3 is 14.5 Å². The Hall–Kier alpha value is -2.80. The Morgan fingerprint density at radius 2 is 1.92 bits per heavy atom. The van der Waals surface area contributed by atoms with Crippen LogP contribution in [0.5, 0.6) is 0 Å². The van der Waals surface area contributed by atoms with E-state index < -0.39 is 5.97 Å². The Balaban J connectivity index is 1.70. The molecule has 6 nitrogen and oxygen atoms in total. The molecule has 1 amide bonds. The van der Waals surface area contributed by atoms with Crippen LogP contribution >= 0.6 is 11.8 Å². The summed E-state index contributed by atoms with van der Waals surface area (Å²) < 4.78 is 10.7. The molecule has 0 saturated carbocycles. The minimum Gasteiger partial charge on any atom is -0.452 e. The van der Waals surface area contributed by atoms with Crippen molar-refractivity contribution in [3.05, 3.63) is 59.7 Å². The van der Waals surface area contributed by atoms with Gasteiger partial charge in [0.2, 0.25) is 0 Å². The molecule has 128 valence electrons. The smallest absolute Gasteiger partial charge is 0.338 e. The molecule has 0 aliphatic rings. The zero-order valence-electron chi connectivity index (χ0n) is 13.5. The largest absolute Gasteiger partial charge is 0.452 e. The van der Waals surface area contributed by atoms with Gasteiger partial charge in [0.25, 0.3) is 11.1 Å². The lowest BCUT2D eigenvalue weighted by Crippen LogP contribution is -2.25. The van der Waals surface area contributed by atoms with E-state index in [1.165, 1.54) is 18.8 Å². The summed E-state index contributed by atoms with van der Waals surface area (Å²) in [6.45, 7) is -0.304. The molecule has 3 aromatic rings. The molecule has 0 bridgehead atoms. The van der Waals surface area contributed by atoms with Gasteiger partial charge in [-0.05, 0) is 23.8 Å². The summed E-state index contributed by atoms with van der Waals surface area (Å²) in [6, 6.07) is 14.6. The third-order valence-corrected chi connectivity index (χ3v) is 4.35. The molecule has 0 saturated heterocycles. The third-order valence-electron chi connectivity index (χ3n) is 3.48. The topological polar surface area (TPSA) is 81.4 Å². The van der Waals surface area contributed by atoms with Crippen LogP contribution in [0.25, 0.3) is 11.1 Å². The molecule has 0 atom stereocenters. The number of hydrogen-bond acceptors (Lipinski definition) is 6. The van der Waals surface area contributed by atoms with E-state index in [2.05, 4.69) is 10.3 Å². The number of rotatable bonds is 6. The number of carbonyl (C=O) groups excluding carboxylic acids is 2. The summed E-state index contributed by atoms with van der Waals surface area (Å²) in [7, 11) is 1.49. The average molecular weight is 356 g/mol. The number of nitrogens with zero attached hydrogens (tertiary/aromatic N) is 1. The van der Waals surface area contributed by atoms with Gasteiger partial charge >= 0.3 is 5.97 Å². The van der Waals surface area contributed by atoms with Crippen molar-refractivity contribution in [2.75, 3.05) is 13.7 Å². The van der Waals surface area contributed by atoms with Crippen LogP contribution in [-0.4, -0.2) is 30.5 Å². The molecule has 0 aliphatic carbocycles. The van der Waals surface area contributed by atoms with Crippen LogP contribution in [0.3, 0.4) is 0 Å². The van der Waals surface area contributed by atoms with Crippen molar-refractivity contribution in [2.24, 2.45) is 0 Å². The molecule has 1 N–H and O–H groups in total. The number of ether oxygens (including phenoxy) is 1. The van der Waals surface area contributed by atoms with E-state index in [9.17, 15) is 9.59 Å². The van der Waals surface area contributed by atoms with E-state index in [0.29, 0.717) is 16.5 Å². The first-order valence-corrected chi connectivity index (χ1v) is 8.60. The molecule has 0 radical (unpaired) electrons. The predicted octanol–water partition coefficient (Wildman–Crippen LogP) is 3.02. The number of thioether (sulfide) groups is 1. The van der Waals surface area contributed by atoms with Crippen LogP contribution < -0.4 is 5.32 Å². The highest BCUT2D eigenvalue weighted by atomic mass is 32.2. The van der Waals surface area contributed by atoms with Gasteiger partial charge in [-0.3, -0.25) is 4.79 Å². The number of likely N-dealkylation sites (N-methyl/N-ethyl adjacent to an activating group) is 1. The Kier molecular flexibility index (Phi) is 5.35. The third kappa shape index (κ3) is 4.19. The fourth-order valence-corrected chi connectivity index (χ4v) is 3.02. The minimum absolute atomic E-state index is 0.304. The lowest BCUT2D eigenvalue weighted by molar-refractivity contribution is -0.123. The summed E-state index contributed by atoms with van der Waals surface area (Å²) in [5, 5.41) is 2.94. The van der Waals surface area contributed by atoms with E-state index in [0.717, 1.165) is 16.7 Å². The van der Waals surface area contributed by atoms with Crippen molar-refractivity contribution in [1.29, 1.82) is 0 Å². The van der Waals surface area contributed by atoms with Gasteiger partial charge in [0.15, 0.2) is 12.2 Å². The number of nitrogens with one attached hydrogen (secondary N) is 1. The second-order valence-electron chi connectivity index (χ2n) is 5.14. The van der Waals surface area contributed by atoms with Gasteiger partial charge in [-0.25, -0.2) is 9.78 Å². The van der Waals surface area contributed by atoms with Crippen LogP contribution in [0.15, 0.2) is 58.2 Å². The number of aromatic nitrogens is 1. The highest BCUT2D eigenvalue weighted by Gasteiger charge is 2.15. The number of amides is 1. The first-order valence-electron chi connectivity index (χ1n) is 7.61. The molecule has 1 heterocycles. The van der Waals surface area contributed by atoms with Crippen LogP contribution in [-0.2, 0) is 15.3 Å². The Morgan fingerprint density at radius 1 is 1.16 bits per heavy atom. The number of hydrogen-bond donors (Lipinski definition) is 1. The van der Waals surface area contributed by atoms with Gasteiger partial charge in [0.05, 0.1) is 5.56 Å². The van der Waals surface area contributed by atoms with Crippen molar-refractivity contribution < 1.29 is 18.7 Å². The van der Waals surface area contributed by atoms with E-state index in [4.69, 9.17) is 9.15 Å². The fourth-order valence-electron chi connectivity index (χ4n) is 2.18. The number of carbonyl (C=O) groups is 2. The Labute approximate surface area is 148 Å². The normalized spacial score (nSPS) is 10.6. The monoisotopic (exact) mass is 356 g/mol. The molecule has 1 aromatic heterocycles. The van der Waals surface area contributed by atoms with Gasteiger partial charge in [-0.15, -0.1) is 0 Å². The standard InChI is InChI=1S/C18H16N2O4S/c1-19-16(21)10-23-17(22)13-7-3-2-6-12(13)11-25-18-20-14-8-4-5-9-15(14)24-18/h2-9H,10-11H2,1H3,(H,19,21). The summed E-state index contributed by atoms with van der Waals surface area (Å²) in [5.41, 5.74) is 2.73. The summed E-state index contributed by atoms with van der Waals surface area (Å²) >= 11 is 1.39. The molecular formula is C18H16N2O4S. The molecule has 0 fully saturated rings. The number of oxazole rings is 1. The molecule has 0 aliphatic heterocycles. The molecular weight excluding hydrogens is 340 g/mol. The van der Waals surface area contributed by atoms with E-state index >= 15 is 0 Å². The maximum atomic E-state index is 12.2.